The summed E-state index contributed by atoms with van der Waals surface area (Å²) in [6, 6.07) is 16.3. The van der Waals surface area contributed by atoms with E-state index in [-0.39, 0.29) is 11.7 Å². The number of anilines is 2. The van der Waals surface area contributed by atoms with Crippen LogP contribution in [0.2, 0.25) is 0 Å². The van der Waals surface area contributed by atoms with Gasteiger partial charge in [-0.1, -0.05) is 24.3 Å². The molecule has 1 atom stereocenters. The van der Waals surface area contributed by atoms with Gasteiger partial charge in [0.25, 0.3) is 0 Å². The molecule has 34 heavy (non-hydrogen) atoms. The molecule has 1 aliphatic carbocycles. The van der Waals surface area contributed by atoms with Crippen LogP contribution in [0.1, 0.15) is 39.6 Å². The second-order valence-corrected chi connectivity index (χ2v) is 8.88. The fourth-order valence-electron chi connectivity index (χ4n) is 5.08. The van der Waals surface area contributed by atoms with Crippen LogP contribution in [-0.4, -0.2) is 56.1 Å². The summed E-state index contributed by atoms with van der Waals surface area (Å²) in [5.74, 6) is 2.31. The zero-order valence-corrected chi connectivity index (χ0v) is 20.0. The number of ketones is 1. The zero-order chi connectivity index (χ0) is 23.7. The summed E-state index contributed by atoms with van der Waals surface area (Å²) in [5, 5.41) is 0. The smallest absolute Gasteiger partial charge is 0.225 e. The summed E-state index contributed by atoms with van der Waals surface area (Å²) in [6.45, 7) is 5.44. The Balaban J connectivity index is 1.38. The third kappa shape index (κ3) is 4.18. The highest BCUT2D eigenvalue weighted by molar-refractivity contribution is 5.99. The number of fused-ring (bicyclic) bond motifs is 1. The van der Waals surface area contributed by atoms with Gasteiger partial charge in [-0.15, -0.1) is 0 Å². The molecular formula is C27H30N4O3. The van der Waals surface area contributed by atoms with Gasteiger partial charge in [-0.3, -0.25) is 4.79 Å². The number of methoxy groups -OCH3 is 2. The lowest BCUT2D eigenvalue weighted by Crippen LogP contribution is -2.47. The fraction of sp³-hybridized carbons (Fsp3) is 0.370. The van der Waals surface area contributed by atoms with Crippen LogP contribution < -0.4 is 19.3 Å². The summed E-state index contributed by atoms with van der Waals surface area (Å²) in [4.78, 5) is 27.4. The van der Waals surface area contributed by atoms with Crippen molar-refractivity contribution in [2.45, 2.75) is 25.7 Å². The Bertz CT molecular complexity index is 1190. The van der Waals surface area contributed by atoms with Crippen LogP contribution in [0.4, 0.5) is 11.6 Å². The van der Waals surface area contributed by atoms with Crippen molar-refractivity contribution in [3.8, 4) is 11.5 Å². The monoisotopic (exact) mass is 458 g/mol. The Morgan fingerprint density at radius 1 is 0.882 bits per heavy atom. The summed E-state index contributed by atoms with van der Waals surface area (Å²) in [7, 11) is 3.28. The van der Waals surface area contributed by atoms with Gasteiger partial charge in [-0.25, -0.2) is 9.97 Å². The molecule has 7 heteroatoms. The van der Waals surface area contributed by atoms with Gasteiger partial charge < -0.3 is 19.3 Å². The minimum absolute atomic E-state index is 0.0120. The number of aromatic nitrogens is 2. The summed E-state index contributed by atoms with van der Waals surface area (Å²) < 4.78 is 11.0. The second-order valence-electron chi connectivity index (χ2n) is 8.88. The molecule has 0 amide bonds. The standard InChI is InChI=1S/C27H30N4O3/c1-18-26-23(15-19(16-24(26)32)22-10-9-21(33-2)17-25(22)34-3)29-27(28-18)31-13-11-30(12-14-31)20-7-5-4-6-8-20/h4-10,17,19H,11-16H2,1-3H3/t19-/m1/s1. The number of nitrogens with zero attached hydrogens (tertiary/aromatic N) is 4. The normalized spacial score (nSPS) is 18.0. The SMILES string of the molecule is COc1ccc([C@H]2CC(=O)c3c(C)nc(N4CCN(c5ccccc5)CC4)nc3C2)c(OC)c1. The lowest BCUT2D eigenvalue weighted by molar-refractivity contribution is 0.0961. The number of carbonyl (C=O) groups is 1. The zero-order valence-electron chi connectivity index (χ0n) is 20.0. The van der Waals surface area contributed by atoms with E-state index in [0.717, 1.165) is 60.6 Å². The molecule has 1 aromatic heterocycles. The predicted molar refractivity (Wildman–Crippen MR) is 133 cm³/mol. The van der Waals surface area contributed by atoms with Gasteiger partial charge in [0.2, 0.25) is 5.95 Å². The summed E-state index contributed by atoms with van der Waals surface area (Å²) >= 11 is 0. The average molecular weight is 459 g/mol. The average Bonchev–Trinajstić information content (AvgIpc) is 2.88. The van der Waals surface area contributed by atoms with Gasteiger partial charge in [-0.05, 0) is 37.1 Å². The molecule has 1 aliphatic heterocycles. The Labute approximate surface area is 200 Å². The molecular weight excluding hydrogens is 428 g/mol. The Morgan fingerprint density at radius 3 is 2.32 bits per heavy atom. The number of para-hydroxylation sites is 1. The van der Waals surface area contributed by atoms with E-state index in [1.165, 1.54) is 5.69 Å². The lowest BCUT2D eigenvalue weighted by Gasteiger charge is -2.36. The van der Waals surface area contributed by atoms with Gasteiger partial charge in [-0.2, -0.15) is 0 Å². The molecule has 0 unspecified atom stereocenters. The molecule has 3 aromatic rings. The van der Waals surface area contributed by atoms with Gasteiger partial charge in [0.05, 0.1) is 31.2 Å². The van der Waals surface area contributed by atoms with Crippen molar-refractivity contribution in [3.05, 3.63) is 71.0 Å². The van der Waals surface area contributed by atoms with E-state index in [0.29, 0.717) is 18.4 Å². The van der Waals surface area contributed by atoms with Crippen molar-refractivity contribution in [2.75, 3.05) is 50.2 Å². The molecule has 0 radical (unpaired) electrons. The Hall–Kier alpha value is -3.61. The number of Topliss-reactive ketones (excluding diaryl/α,β-unsaturated/α-hetero) is 1. The van der Waals surface area contributed by atoms with Crippen molar-refractivity contribution >= 4 is 17.4 Å². The van der Waals surface area contributed by atoms with Crippen molar-refractivity contribution in [1.29, 1.82) is 0 Å². The highest BCUT2D eigenvalue weighted by Gasteiger charge is 2.32. The van der Waals surface area contributed by atoms with Crippen LogP contribution >= 0.6 is 0 Å². The first-order valence-corrected chi connectivity index (χ1v) is 11.7. The molecule has 2 aliphatic rings. The lowest BCUT2D eigenvalue weighted by atomic mass is 9.81. The molecule has 0 spiro atoms. The fourth-order valence-corrected chi connectivity index (χ4v) is 5.08. The molecule has 2 heterocycles. The third-order valence-electron chi connectivity index (χ3n) is 6.87. The van der Waals surface area contributed by atoms with E-state index in [4.69, 9.17) is 19.4 Å². The summed E-state index contributed by atoms with van der Waals surface area (Å²) in [6.07, 6.45) is 1.11. The third-order valence-corrected chi connectivity index (χ3v) is 6.87. The van der Waals surface area contributed by atoms with Crippen LogP contribution in [0, 0.1) is 6.92 Å². The first kappa shape index (κ1) is 22.2. The Morgan fingerprint density at radius 2 is 1.62 bits per heavy atom. The second kappa shape index (κ2) is 9.33. The summed E-state index contributed by atoms with van der Waals surface area (Å²) in [5.41, 5.74) is 4.56. The topological polar surface area (TPSA) is 67.8 Å². The molecule has 0 N–H and O–H groups in total. The molecule has 0 saturated carbocycles. The van der Waals surface area contributed by atoms with Crippen molar-refractivity contribution in [3.63, 3.8) is 0 Å². The number of ether oxygens (including phenoxy) is 2. The molecule has 7 nitrogen and oxygen atoms in total. The molecule has 1 fully saturated rings. The maximum absolute atomic E-state index is 13.1. The quantitative estimate of drug-likeness (QED) is 0.572. The largest absolute Gasteiger partial charge is 0.497 e. The molecule has 176 valence electrons. The van der Waals surface area contributed by atoms with E-state index in [1.54, 1.807) is 14.2 Å². The van der Waals surface area contributed by atoms with Crippen molar-refractivity contribution in [1.82, 2.24) is 9.97 Å². The highest BCUT2D eigenvalue weighted by Crippen LogP contribution is 2.39. The van der Waals surface area contributed by atoms with Gasteiger partial charge in [0.15, 0.2) is 5.78 Å². The van der Waals surface area contributed by atoms with E-state index in [1.807, 2.05) is 31.2 Å². The minimum atomic E-state index is 0.0120. The van der Waals surface area contributed by atoms with E-state index >= 15 is 0 Å². The van der Waals surface area contributed by atoms with Crippen LogP contribution in [0.25, 0.3) is 0 Å². The van der Waals surface area contributed by atoms with E-state index < -0.39 is 0 Å². The number of piperazine rings is 1. The number of hydrogen-bond donors (Lipinski definition) is 0. The highest BCUT2D eigenvalue weighted by atomic mass is 16.5. The minimum Gasteiger partial charge on any atom is -0.497 e. The van der Waals surface area contributed by atoms with Gasteiger partial charge in [0, 0.05) is 50.3 Å². The number of benzene rings is 2. The maximum atomic E-state index is 13.1. The number of hydrogen-bond acceptors (Lipinski definition) is 7. The molecule has 0 bridgehead atoms. The van der Waals surface area contributed by atoms with Gasteiger partial charge in [0.1, 0.15) is 11.5 Å². The molecule has 1 saturated heterocycles. The maximum Gasteiger partial charge on any atom is 0.225 e. The number of aryl methyl sites for hydroxylation is 1. The van der Waals surface area contributed by atoms with Crippen molar-refractivity contribution < 1.29 is 14.3 Å². The van der Waals surface area contributed by atoms with Crippen LogP contribution in [0.5, 0.6) is 11.5 Å². The van der Waals surface area contributed by atoms with E-state index in [2.05, 4.69) is 34.1 Å². The number of carbonyl (C=O) groups excluding carboxylic acids is 1. The van der Waals surface area contributed by atoms with E-state index in [9.17, 15) is 4.79 Å². The van der Waals surface area contributed by atoms with Crippen LogP contribution in [0.15, 0.2) is 48.5 Å². The Kier molecular flexibility index (Phi) is 6.09. The molecule has 5 rings (SSSR count). The predicted octanol–water partition coefficient (Wildman–Crippen LogP) is 4.04. The molecule has 2 aromatic carbocycles. The number of rotatable bonds is 5. The first-order valence-electron chi connectivity index (χ1n) is 11.7. The first-order chi connectivity index (χ1) is 16.6. The van der Waals surface area contributed by atoms with Crippen molar-refractivity contribution in [2.24, 2.45) is 0 Å². The van der Waals surface area contributed by atoms with Crippen LogP contribution in [-0.2, 0) is 6.42 Å². The van der Waals surface area contributed by atoms with Crippen LogP contribution in [0.3, 0.4) is 0 Å². The van der Waals surface area contributed by atoms with Gasteiger partial charge >= 0.3 is 0 Å².